The molecule has 1 fully saturated rings. The number of sulfonamides is 1. The Kier molecular flexibility index (Phi) is 5.32. The molecule has 0 spiro atoms. The van der Waals surface area contributed by atoms with Crippen molar-refractivity contribution < 1.29 is 8.42 Å². The van der Waals surface area contributed by atoms with E-state index in [1.54, 1.807) is 24.3 Å². The van der Waals surface area contributed by atoms with Gasteiger partial charge in [0.05, 0.1) is 21.8 Å². The topological polar surface area (TPSA) is 77.3 Å². The van der Waals surface area contributed by atoms with Gasteiger partial charge < -0.3 is 4.90 Å². The number of pyridine rings is 1. The van der Waals surface area contributed by atoms with Crippen molar-refractivity contribution in [1.29, 1.82) is 5.26 Å². The molecule has 136 valence electrons. The largest absolute Gasteiger partial charge is 0.368 e. The van der Waals surface area contributed by atoms with Crippen molar-refractivity contribution in [3.05, 3.63) is 51.8 Å². The Labute approximate surface area is 162 Å². The summed E-state index contributed by atoms with van der Waals surface area (Å²) in [6.45, 7) is 5.51. The molecule has 0 amide bonds. The minimum Gasteiger partial charge on any atom is -0.368 e. The van der Waals surface area contributed by atoms with Gasteiger partial charge in [0.2, 0.25) is 10.0 Å². The van der Waals surface area contributed by atoms with Gasteiger partial charge in [0.1, 0.15) is 6.07 Å². The second-order valence-electron chi connectivity index (χ2n) is 6.18. The van der Waals surface area contributed by atoms with Gasteiger partial charge in [-0.15, -0.1) is 0 Å². The molecule has 8 heteroatoms. The molecule has 2 heterocycles. The van der Waals surface area contributed by atoms with E-state index in [1.165, 1.54) is 4.31 Å². The summed E-state index contributed by atoms with van der Waals surface area (Å²) in [7, 11) is -3.55. The zero-order valence-corrected chi connectivity index (χ0v) is 17.0. The van der Waals surface area contributed by atoms with E-state index < -0.39 is 10.0 Å². The molecule has 0 N–H and O–H groups in total. The van der Waals surface area contributed by atoms with Gasteiger partial charge in [-0.3, -0.25) is 4.98 Å². The van der Waals surface area contributed by atoms with Crippen LogP contribution >= 0.6 is 15.9 Å². The van der Waals surface area contributed by atoms with E-state index in [0.29, 0.717) is 41.9 Å². The smallest absolute Gasteiger partial charge is 0.244 e. The predicted molar refractivity (Wildman–Crippen MR) is 104 cm³/mol. The van der Waals surface area contributed by atoms with Gasteiger partial charge in [-0.25, -0.2) is 8.42 Å². The summed E-state index contributed by atoms with van der Waals surface area (Å²) in [5.41, 5.74) is 2.93. The molecule has 3 rings (SSSR count). The number of anilines is 1. The SMILES string of the molecule is Cc1cc(N2CCN(S(=O)(=O)c3ccccc3Br)CC2)c(C#N)c(C)n1. The fourth-order valence-electron chi connectivity index (χ4n) is 3.16. The second-order valence-corrected chi connectivity index (χ2v) is 8.94. The first-order chi connectivity index (χ1) is 12.3. The number of hydrogen-bond donors (Lipinski definition) is 0. The zero-order chi connectivity index (χ0) is 18.9. The maximum absolute atomic E-state index is 12.9. The fraction of sp³-hybridized carbons (Fsp3) is 0.333. The summed E-state index contributed by atoms with van der Waals surface area (Å²) in [5.74, 6) is 0. The molecule has 1 aromatic heterocycles. The van der Waals surface area contributed by atoms with Crippen molar-refractivity contribution in [1.82, 2.24) is 9.29 Å². The molecular formula is C18H19BrN4O2S. The van der Waals surface area contributed by atoms with Crippen LogP contribution in [0.4, 0.5) is 5.69 Å². The molecule has 0 bridgehead atoms. The summed E-state index contributed by atoms with van der Waals surface area (Å²) < 4.78 is 27.9. The lowest BCUT2D eigenvalue weighted by atomic mass is 10.1. The Morgan fingerprint density at radius 3 is 2.42 bits per heavy atom. The summed E-state index contributed by atoms with van der Waals surface area (Å²) in [4.78, 5) is 6.68. The quantitative estimate of drug-likeness (QED) is 0.741. The molecule has 0 atom stereocenters. The van der Waals surface area contributed by atoms with Gasteiger partial charge in [-0.2, -0.15) is 9.57 Å². The number of nitriles is 1. The highest BCUT2D eigenvalue weighted by Gasteiger charge is 2.30. The van der Waals surface area contributed by atoms with Gasteiger partial charge in [0, 0.05) is 36.3 Å². The van der Waals surface area contributed by atoms with Crippen molar-refractivity contribution in [2.24, 2.45) is 0 Å². The average Bonchev–Trinajstić information content (AvgIpc) is 2.61. The lowest BCUT2D eigenvalue weighted by molar-refractivity contribution is 0.384. The standard InChI is InChI=1S/C18H19BrN4O2S/c1-13-11-17(15(12-20)14(2)21-13)22-7-9-23(10-8-22)26(24,25)18-6-4-3-5-16(18)19/h3-6,11H,7-10H2,1-2H3. The van der Waals surface area contributed by atoms with E-state index in [2.05, 4.69) is 31.9 Å². The normalized spacial score (nSPS) is 15.7. The Bertz CT molecular complexity index is 977. The minimum absolute atomic E-state index is 0.279. The number of piperazine rings is 1. The predicted octanol–water partition coefficient (Wildman–Crippen LogP) is 2.84. The first-order valence-electron chi connectivity index (χ1n) is 8.22. The average molecular weight is 435 g/mol. The number of aromatic nitrogens is 1. The van der Waals surface area contributed by atoms with Crippen LogP contribution in [0.15, 0.2) is 39.7 Å². The van der Waals surface area contributed by atoms with E-state index in [4.69, 9.17) is 0 Å². The highest BCUT2D eigenvalue weighted by atomic mass is 79.9. The Hall–Kier alpha value is -1.95. The summed E-state index contributed by atoms with van der Waals surface area (Å²) in [6.07, 6.45) is 0. The lowest BCUT2D eigenvalue weighted by Gasteiger charge is -2.36. The number of halogens is 1. The van der Waals surface area contributed by atoms with Crippen molar-refractivity contribution in [3.8, 4) is 6.07 Å². The molecule has 0 aliphatic carbocycles. The van der Waals surface area contributed by atoms with Gasteiger partial charge in [0.25, 0.3) is 0 Å². The number of nitrogens with zero attached hydrogens (tertiary/aromatic N) is 4. The van der Waals surface area contributed by atoms with Crippen LogP contribution in [0.1, 0.15) is 17.0 Å². The molecule has 1 aliphatic rings. The number of benzene rings is 1. The highest BCUT2D eigenvalue weighted by Crippen LogP contribution is 2.28. The van der Waals surface area contributed by atoms with Crippen LogP contribution in [0.2, 0.25) is 0 Å². The summed E-state index contributed by atoms with van der Waals surface area (Å²) >= 11 is 3.32. The van der Waals surface area contributed by atoms with E-state index in [-0.39, 0.29) is 4.90 Å². The summed E-state index contributed by atoms with van der Waals surface area (Å²) in [5, 5.41) is 9.45. The molecule has 0 unspecified atom stereocenters. The monoisotopic (exact) mass is 434 g/mol. The summed E-state index contributed by atoms with van der Waals surface area (Å²) in [6, 6.07) is 11.0. The molecule has 0 saturated carbocycles. The number of hydrogen-bond acceptors (Lipinski definition) is 5. The third-order valence-corrected chi connectivity index (χ3v) is 7.36. The lowest BCUT2D eigenvalue weighted by Crippen LogP contribution is -2.49. The first kappa shape index (κ1) is 18.8. The minimum atomic E-state index is -3.55. The maximum Gasteiger partial charge on any atom is 0.244 e. The van der Waals surface area contributed by atoms with Crippen molar-refractivity contribution >= 4 is 31.6 Å². The molecule has 0 radical (unpaired) electrons. The van der Waals surface area contributed by atoms with Gasteiger partial charge >= 0.3 is 0 Å². The van der Waals surface area contributed by atoms with Crippen LogP contribution in [0.5, 0.6) is 0 Å². The van der Waals surface area contributed by atoms with Crippen LogP contribution in [-0.2, 0) is 10.0 Å². The van der Waals surface area contributed by atoms with E-state index in [9.17, 15) is 13.7 Å². The fourth-order valence-corrected chi connectivity index (χ4v) is 5.54. The third-order valence-electron chi connectivity index (χ3n) is 4.45. The van der Waals surface area contributed by atoms with Crippen molar-refractivity contribution in [3.63, 3.8) is 0 Å². The molecule has 1 aliphatic heterocycles. The zero-order valence-electron chi connectivity index (χ0n) is 14.6. The molecular weight excluding hydrogens is 416 g/mol. The van der Waals surface area contributed by atoms with Crippen LogP contribution in [0.25, 0.3) is 0 Å². The van der Waals surface area contributed by atoms with Crippen molar-refractivity contribution in [2.75, 3.05) is 31.1 Å². The van der Waals surface area contributed by atoms with Gasteiger partial charge in [0.15, 0.2) is 0 Å². The molecule has 6 nitrogen and oxygen atoms in total. The number of rotatable bonds is 3. The molecule has 2 aromatic rings. The van der Waals surface area contributed by atoms with E-state index in [1.807, 2.05) is 19.9 Å². The highest BCUT2D eigenvalue weighted by molar-refractivity contribution is 9.10. The molecule has 26 heavy (non-hydrogen) atoms. The second kappa shape index (κ2) is 7.35. The Balaban J connectivity index is 1.83. The number of aryl methyl sites for hydroxylation is 2. The van der Waals surface area contributed by atoms with Crippen LogP contribution < -0.4 is 4.90 Å². The van der Waals surface area contributed by atoms with Crippen LogP contribution in [0, 0.1) is 25.2 Å². The van der Waals surface area contributed by atoms with E-state index >= 15 is 0 Å². The molecule has 1 saturated heterocycles. The van der Waals surface area contributed by atoms with Gasteiger partial charge in [-0.1, -0.05) is 12.1 Å². The molecule has 1 aromatic carbocycles. The Morgan fingerprint density at radius 2 is 1.81 bits per heavy atom. The Morgan fingerprint density at radius 1 is 1.15 bits per heavy atom. The van der Waals surface area contributed by atoms with Gasteiger partial charge in [-0.05, 0) is 48.0 Å². The van der Waals surface area contributed by atoms with Crippen molar-refractivity contribution in [2.45, 2.75) is 18.7 Å². The van der Waals surface area contributed by atoms with Crippen LogP contribution in [-0.4, -0.2) is 43.9 Å². The van der Waals surface area contributed by atoms with Crippen LogP contribution in [0.3, 0.4) is 0 Å². The third kappa shape index (κ3) is 3.47. The van der Waals surface area contributed by atoms with E-state index in [0.717, 1.165) is 11.4 Å². The first-order valence-corrected chi connectivity index (χ1v) is 10.5. The maximum atomic E-state index is 12.9.